The van der Waals surface area contributed by atoms with Crippen molar-refractivity contribution in [2.75, 3.05) is 20.8 Å². The Morgan fingerprint density at radius 2 is 1.81 bits per heavy atom. The van der Waals surface area contributed by atoms with Crippen LogP contribution in [-0.2, 0) is 6.54 Å². The van der Waals surface area contributed by atoms with Crippen molar-refractivity contribution in [3.8, 4) is 17.2 Å². The summed E-state index contributed by atoms with van der Waals surface area (Å²) in [5, 5.41) is 7.69. The summed E-state index contributed by atoms with van der Waals surface area (Å²) in [4.78, 5) is 0. The number of hydrazone groups is 1. The molecule has 0 aliphatic rings. The van der Waals surface area contributed by atoms with Crippen molar-refractivity contribution in [3.05, 3.63) is 53.6 Å². The molecular weight excluding hydrogens is 362 g/mol. The van der Waals surface area contributed by atoms with Crippen molar-refractivity contribution in [2.45, 2.75) is 19.9 Å². The molecule has 6 nitrogen and oxygen atoms in total. The van der Waals surface area contributed by atoms with Gasteiger partial charge in [0.05, 0.1) is 27.0 Å². The number of methoxy groups -OCH3 is 2. The molecule has 27 heavy (non-hydrogen) atoms. The van der Waals surface area contributed by atoms with E-state index in [0.717, 1.165) is 29.9 Å². The van der Waals surface area contributed by atoms with Gasteiger partial charge in [-0.2, -0.15) is 5.10 Å². The monoisotopic (exact) mass is 387 g/mol. The Morgan fingerprint density at radius 1 is 1.07 bits per heavy atom. The van der Waals surface area contributed by atoms with E-state index in [4.69, 9.17) is 26.4 Å². The van der Waals surface area contributed by atoms with Crippen molar-refractivity contribution in [1.29, 1.82) is 0 Å². The molecule has 0 radical (unpaired) electrons. The largest absolute Gasteiger partial charge is 0.494 e. The van der Waals surface area contributed by atoms with Crippen molar-refractivity contribution < 1.29 is 14.2 Å². The van der Waals surface area contributed by atoms with Gasteiger partial charge in [-0.25, -0.2) is 0 Å². The fourth-order valence-corrected chi connectivity index (χ4v) is 2.37. The first-order valence-corrected chi connectivity index (χ1v) is 9.07. The Hall–Kier alpha value is -2.80. The zero-order valence-corrected chi connectivity index (χ0v) is 16.6. The van der Waals surface area contributed by atoms with Crippen molar-refractivity contribution in [1.82, 2.24) is 10.7 Å². The topological polar surface area (TPSA) is 64.1 Å². The molecule has 0 aliphatic carbocycles. The Labute approximate surface area is 165 Å². The highest BCUT2D eigenvalue weighted by molar-refractivity contribution is 7.80. The fourth-order valence-electron chi connectivity index (χ4n) is 2.24. The minimum absolute atomic E-state index is 0.443. The average Bonchev–Trinajstić information content (AvgIpc) is 2.71. The zero-order valence-electron chi connectivity index (χ0n) is 15.8. The van der Waals surface area contributed by atoms with E-state index in [1.807, 2.05) is 42.5 Å². The zero-order chi connectivity index (χ0) is 19.5. The van der Waals surface area contributed by atoms with E-state index in [1.54, 1.807) is 20.4 Å². The predicted molar refractivity (Wildman–Crippen MR) is 112 cm³/mol. The van der Waals surface area contributed by atoms with Crippen LogP contribution >= 0.6 is 12.2 Å². The van der Waals surface area contributed by atoms with Crippen LogP contribution in [-0.4, -0.2) is 32.2 Å². The number of ether oxygens (including phenoxy) is 3. The van der Waals surface area contributed by atoms with Gasteiger partial charge in [-0.3, -0.25) is 5.43 Å². The molecule has 0 fully saturated rings. The normalized spacial score (nSPS) is 10.5. The number of thiocarbonyl (C=S) groups is 1. The van der Waals surface area contributed by atoms with Gasteiger partial charge in [0.1, 0.15) is 5.75 Å². The number of hydrogen-bond acceptors (Lipinski definition) is 5. The molecular formula is C20H25N3O3S. The van der Waals surface area contributed by atoms with Crippen LogP contribution in [0.2, 0.25) is 0 Å². The maximum Gasteiger partial charge on any atom is 0.187 e. The van der Waals surface area contributed by atoms with E-state index in [2.05, 4.69) is 22.8 Å². The molecule has 0 atom stereocenters. The second kappa shape index (κ2) is 11.0. The van der Waals surface area contributed by atoms with E-state index in [0.29, 0.717) is 23.2 Å². The summed E-state index contributed by atoms with van der Waals surface area (Å²) in [6.07, 6.45) is 2.66. The van der Waals surface area contributed by atoms with Gasteiger partial charge >= 0.3 is 0 Å². The third kappa shape index (κ3) is 6.79. The summed E-state index contributed by atoms with van der Waals surface area (Å²) >= 11 is 5.23. The van der Waals surface area contributed by atoms with Crippen LogP contribution in [0, 0.1) is 0 Å². The quantitative estimate of drug-likeness (QED) is 0.390. The molecule has 0 heterocycles. The summed E-state index contributed by atoms with van der Waals surface area (Å²) in [5.74, 6) is 2.19. The standard InChI is InChI=1S/C20H25N3O3S/c1-4-11-26-17-8-5-15(6-9-17)13-21-20(27)23-22-14-16-7-10-18(24-2)19(12-16)25-3/h5-10,12,14H,4,11,13H2,1-3H3,(H2,21,23,27). The molecule has 0 aromatic heterocycles. The van der Waals surface area contributed by atoms with Gasteiger partial charge in [-0.1, -0.05) is 19.1 Å². The lowest BCUT2D eigenvalue weighted by Crippen LogP contribution is -2.31. The van der Waals surface area contributed by atoms with Crippen molar-refractivity contribution >= 4 is 23.5 Å². The Bertz CT molecular complexity index is 764. The number of hydrogen-bond donors (Lipinski definition) is 2. The lowest BCUT2D eigenvalue weighted by atomic mass is 10.2. The highest BCUT2D eigenvalue weighted by atomic mass is 32.1. The van der Waals surface area contributed by atoms with E-state index in [9.17, 15) is 0 Å². The van der Waals surface area contributed by atoms with Gasteiger partial charge in [-0.05, 0) is 60.1 Å². The van der Waals surface area contributed by atoms with E-state index >= 15 is 0 Å². The molecule has 0 unspecified atom stereocenters. The number of benzene rings is 2. The molecule has 2 rings (SSSR count). The SMILES string of the molecule is CCCOc1ccc(CNC(=S)NN=Cc2ccc(OC)c(OC)c2)cc1. The van der Waals surface area contributed by atoms with E-state index in [-0.39, 0.29) is 0 Å². The first-order chi connectivity index (χ1) is 13.2. The summed E-state index contributed by atoms with van der Waals surface area (Å²) in [5.41, 5.74) is 4.77. The van der Waals surface area contributed by atoms with Crippen LogP contribution in [0.25, 0.3) is 0 Å². The molecule has 2 N–H and O–H groups in total. The summed E-state index contributed by atoms with van der Waals surface area (Å²) < 4.78 is 16.0. The summed E-state index contributed by atoms with van der Waals surface area (Å²) in [7, 11) is 3.20. The molecule has 0 saturated carbocycles. The van der Waals surface area contributed by atoms with Gasteiger partial charge in [0.2, 0.25) is 0 Å². The average molecular weight is 388 g/mol. The molecule has 144 valence electrons. The minimum Gasteiger partial charge on any atom is -0.494 e. The lowest BCUT2D eigenvalue weighted by molar-refractivity contribution is 0.317. The van der Waals surface area contributed by atoms with Crippen LogP contribution in [0.1, 0.15) is 24.5 Å². The second-order valence-electron chi connectivity index (χ2n) is 5.66. The maximum atomic E-state index is 5.57. The van der Waals surface area contributed by atoms with Crippen LogP contribution in [0.3, 0.4) is 0 Å². The highest BCUT2D eigenvalue weighted by Gasteiger charge is 2.03. The molecule has 2 aromatic carbocycles. The van der Waals surface area contributed by atoms with Crippen LogP contribution < -0.4 is 25.0 Å². The highest BCUT2D eigenvalue weighted by Crippen LogP contribution is 2.26. The van der Waals surface area contributed by atoms with Gasteiger partial charge in [-0.15, -0.1) is 0 Å². The van der Waals surface area contributed by atoms with Crippen LogP contribution in [0.5, 0.6) is 17.2 Å². The van der Waals surface area contributed by atoms with Gasteiger partial charge in [0, 0.05) is 6.54 Å². The molecule has 0 amide bonds. The van der Waals surface area contributed by atoms with E-state index in [1.165, 1.54) is 0 Å². The molecule has 7 heteroatoms. The van der Waals surface area contributed by atoms with Gasteiger partial charge < -0.3 is 19.5 Å². The third-order valence-electron chi connectivity index (χ3n) is 3.64. The molecule has 0 aliphatic heterocycles. The lowest BCUT2D eigenvalue weighted by Gasteiger charge is -2.09. The molecule has 0 spiro atoms. The van der Waals surface area contributed by atoms with Crippen LogP contribution in [0.15, 0.2) is 47.6 Å². The Morgan fingerprint density at radius 3 is 2.48 bits per heavy atom. The minimum atomic E-state index is 0.443. The number of rotatable bonds is 9. The number of nitrogens with one attached hydrogen (secondary N) is 2. The van der Waals surface area contributed by atoms with E-state index < -0.39 is 0 Å². The predicted octanol–water partition coefficient (Wildman–Crippen LogP) is 3.49. The molecule has 2 aromatic rings. The molecule has 0 bridgehead atoms. The van der Waals surface area contributed by atoms with Crippen LogP contribution in [0.4, 0.5) is 0 Å². The van der Waals surface area contributed by atoms with Gasteiger partial charge in [0.25, 0.3) is 0 Å². The Kier molecular flexibility index (Phi) is 8.38. The third-order valence-corrected chi connectivity index (χ3v) is 3.87. The van der Waals surface area contributed by atoms with Gasteiger partial charge in [0.15, 0.2) is 16.6 Å². The fraction of sp³-hybridized carbons (Fsp3) is 0.300. The summed E-state index contributed by atoms with van der Waals surface area (Å²) in [6, 6.07) is 13.5. The first kappa shape index (κ1) is 20.5. The maximum absolute atomic E-state index is 5.57. The second-order valence-corrected chi connectivity index (χ2v) is 6.07. The first-order valence-electron chi connectivity index (χ1n) is 8.67. The van der Waals surface area contributed by atoms with Crippen molar-refractivity contribution in [3.63, 3.8) is 0 Å². The smallest absolute Gasteiger partial charge is 0.187 e. The van der Waals surface area contributed by atoms with Crippen molar-refractivity contribution in [2.24, 2.45) is 5.10 Å². The molecule has 0 saturated heterocycles. The number of nitrogens with zero attached hydrogens (tertiary/aromatic N) is 1. The summed E-state index contributed by atoms with van der Waals surface area (Å²) in [6.45, 7) is 3.41. The Balaban J connectivity index is 1.79.